The van der Waals surface area contributed by atoms with Crippen molar-refractivity contribution in [1.29, 1.82) is 0 Å². The van der Waals surface area contributed by atoms with Crippen LogP contribution in [0, 0.1) is 5.92 Å². The number of sulfone groups is 1. The first kappa shape index (κ1) is 24.8. The highest BCUT2D eigenvalue weighted by Crippen LogP contribution is 2.59. The van der Waals surface area contributed by atoms with Gasteiger partial charge in [0.05, 0.1) is 16.2 Å². The van der Waals surface area contributed by atoms with E-state index in [1.807, 2.05) is 0 Å². The predicted octanol–water partition coefficient (Wildman–Crippen LogP) is 4.31. The monoisotopic (exact) mass is 528 g/mol. The molecule has 1 saturated heterocycles. The number of halogens is 6. The molecule has 4 rings (SSSR count). The number of aromatic nitrogens is 1. The van der Waals surface area contributed by atoms with E-state index in [2.05, 4.69) is 4.98 Å². The lowest BCUT2D eigenvalue weighted by Gasteiger charge is -2.24. The van der Waals surface area contributed by atoms with Gasteiger partial charge in [-0.1, -0.05) is 0 Å². The maximum absolute atomic E-state index is 13.3. The molecule has 1 aromatic carbocycles. The molecule has 14 heteroatoms. The minimum Gasteiger partial charge on any atom is -0.480 e. The van der Waals surface area contributed by atoms with E-state index in [-0.39, 0.29) is 35.2 Å². The van der Waals surface area contributed by atoms with Crippen molar-refractivity contribution in [2.24, 2.45) is 5.92 Å². The van der Waals surface area contributed by atoms with Crippen LogP contribution in [0.2, 0.25) is 0 Å². The molecule has 0 bridgehead atoms. The van der Waals surface area contributed by atoms with Crippen molar-refractivity contribution in [1.82, 2.24) is 9.88 Å². The number of alkyl halides is 6. The molecule has 0 spiro atoms. The summed E-state index contributed by atoms with van der Waals surface area (Å²) in [6.45, 7) is 0.906. The van der Waals surface area contributed by atoms with Crippen LogP contribution in [0.1, 0.15) is 34.4 Å². The number of ether oxygens (including phenoxy) is 1. The minimum atomic E-state index is -4.73. The molecule has 1 aliphatic heterocycles. The highest BCUT2D eigenvalue weighted by atomic mass is 32.2. The number of likely N-dealkylation sites (tertiary alicyclic amines) is 1. The lowest BCUT2D eigenvalue weighted by molar-refractivity contribution is -0.189. The second-order valence-corrected chi connectivity index (χ2v) is 11.4. The van der Waals surface area contributed by atoms with E-state index >= 15 is 0 Å². The van der Waals surface area contributed by atoms with Gasteiger partial charge in [-0.2, -0.15) is 26.3 Å². The number of benzene rings is 1. The van der Waals surface area contributed by atoms with Crippen LogP contribution in [0.4, 0.5) is 26.3 Å². The van der Waals surface area contributed by atoms with E-state index in [4.69, 9.17) is 4.74 Å². The van der Waals surface area contributed by atoms with Gasteiger partial charge in [0.2, 0.25) is 0 Å². The third kappa shape index (κ3) is 4.49. The van der Waals surface area contributed by atoms with Crippen LogP contribution in [0.5, 0.6) is 5.75 Å². The topological polar surface area (TPSA) is 76.6 Å². The Morgan fingerprint density at radius 1 is 1.26 bits per heavy atom. The number of nitrogens with zero attached hydrogens (tertiary/aromatic N) is 2. The molecule has 6 nitrogen and oxygen atoms in total. The fourth-order valence-electron chi connectivity index (χ4n) is 4.10. The third-order valence-corrected chi connectivity index (χ3v) is 8.06. The maximum Gasteiger partial charge on any atom is 0.443 e. The van der Waals surface area contributed by atoms with E-state index in [0.717, 1.165) is 31.4 Å². The molecule has 0 N–H and O–H groups in total. The van der Waals surface area contributed by atoms with Crippen molar-refractivity contribution in [2.75, 3.05) is 19.3 Å². The summed E-state index contributed by atoms with van der Waals surface area (Å²) < 4.78 is 107. The zero-order chi connectivity index (χ0) is 25.3. The largest absolute Gasteiger partial charge is 0.480 e. The molecule has 1 saturated carbocycles. The van der Waals surface area contributed by atoms with Crippen molar-refractivity contribution < 1.29 is 44.3 Å². The molecule has 2 fully saturated rings. The van der Waals surface area contributed by atoms with E-state index < -0.39 is 50.4 Å². The maximum atomic E-state index is 13.3. The fraction of sp³-hybridized carbons (Fsp3) is 0.500. The first-order chi connectivity index (χ1) is 15.5. The second kappa shape index (κ2) is 7.83. The van der Waals surface area contributed by atoms with Gasteiger partial charge in [-0.3, -0.25) is 4.79 Å². The number of hydrogen-bond acceptors (Lipinski definition) is 6. The molecule has 1 amide bonds. The quantitative estimate of drug-likeness (QED) is 0.541. The normalized spacial score (nSPS) is 23.5. The van der Waals surface area contributed by atoms with E-state index in [9.17, 15) is 39.6 Å². The molecule has 3 atom stereocenters. The summed E-state index contributed by atoms with van der Waals surface area (Å²) in [7, 11) is -3.79. The molecule has 2 aliphatic rings. The number of rotatable bonds is 5. The van der Waals surface area contributed by atoms with Crippen molar-refractivity contribution in [3.05, 3.63) is 39.8 Å². The smallest absolute Gasteiger partial charge is 0.443 e. The van der Waals surface area contributed by atoms with Gasteiger partial charge in [-0.05, 0) is 37.5 Å². The minimum absolute atomic E-state index is 0.00883. The summed E-state index contributed by atoms with van der Waals surface area (Å²) in [5, 5.41) is 0.311. The van der Waals surface area contributed by atoms with Gasteiger partial charge in [-0.15, -0.1) is 11.3 Å². The molecular weight excluding hydrogens is 510 g/mol. The summed E-state index contributed by atoms with van der Waals surface area (Å²) in [4.78, 5) is 18.0. The predicted molar refractivity (Wildman–Crippen MR) is 109 cm³/mol. The zero-order valence-corrected chi connectivity index (χ0v) is 19.3. The van der Waals surface area contributed by atoms with Crippen molar-refractivity contribution in [2.45, 2.75) is 42.1 Å². The molecule has 1 aliphatic carbocycles. The Hall–Kier alpha value is -2.35. The van der Waals surface area contributed by atoms with Gasteiger partial charge in [0.15, 0.2) is 20.9 Å². The average molecular weight is 528 g/mol. The zero-order valence-electron chi connectivity index (χ0n) is 17.7. The van der Waals surface area contributed by atoms with Gasteiger partial charge in [0.1, 0.15) is 5.75 Å². The standard InChI is InChI=1S/C20H18F6N2O4S2/c1-10(19(21,22)23)32-14-4-3-12(34(2,30)31)5-13(14)16(29)28-7-11-6-18(11,9-28)15-8-33-17(27-15)20(24,25)26/h3-5,8,10-11H,6-7,9H2,1-2H3/t10-,11?,18?/m1/s1. The number of piperidine rings is 1. The first-order valence-electron chi connectivity index (χ1n) is 9.92. The Morgan fingerprint density at radius 3 is 2.50 bits per heavy atom. The number of carbonyl (C=O) groups is 1. The molecule has 1 aromatic heterocycles. The van der Waals surface area contributed by atoms with Crippen molar-refractivity contribution >= 4 is 27.1 Å². The van der Waals surface area contributed by atoms with Crippen LogP contribution in [0.25, 0.3) is 0 Å². The van der Waals surface area contributed by atoms with Gasteiger partial charge in [0, 0.05) is 30.1 Å². The molecule has 2 unspecified atom stereocenters. The van der Waals surface area contributed by atoms with E-state index in [1.165, 1.54) is 10.3 Å². The third-order valence-electron chi connectivity index (χ3n) is 6.06. The van der Waals surface area contributed by atoms with Gasteiger partial charge < -0.3 is 9.64 Å². The Kier molecular flexibility index (Phi) is 5.71. The SMILES string of the molecule is C[C@@H](Oc1ccc(S(C)(=O)=O)cc1C(=O)N1CC2CC2(c2csc(C(F)(F)F)n2)C1)C(F)(F)F. The summed E-state index contributed by atoms with van der Waals surface area (Å²) >= 11 is 0.458. The van der Waals surface area contributed by atoms with Gasteiger partial charge in [0.25, 0.3) is 5.91 Å². The van der Waals surface area contributed by atoms with Gasteiger partial charge >= 0.3 is 12.4 Å². The van der Waals surface area contributed by atoms with Crippen LogP contribution in [-0.2, 0) is 21.4 Å². The number of hydrogen-bond donors (Lipinski definition) is 0. The van der Waals surface area contributed by atoms with Crippen LogP contribution < -0.4 is 4.74 Å². The number of fused-ring (bicyclic) bond motifs is 1. The Morgan fingerprint density at radius 2 is 1.94 bits per heavy atom. The van der Waals surface area contributed by atoms with E-state index in [1.54, 1.807) is 0 Å². The highest BCUT2D eigenvalue weighted by Gasteiger charge is 2.63. The Bertz CT molecular complexity index is 1240. The Balaban J connectivity index is 1.63. The number of carbonyl (C=O) groups excluding carboxylic acids is 1. The molecule has 2 heterocycles. The lowest BCUT2D eigenvalue weighted by atomic mass is 10.0. The van der Waals surface area contributed by atoms with Crippen molar-refractivity contribution in [3.8, 4) is 5.75 Å². The molecule has 34 heavy (non-hydrogen) atoms. The molecule has 0 radical (unpaired) electrons. The van der Waals surface area contributed by atoms with Crippen LogP contribution >= 0.6 is 11.3 Å². The summed E-state index contributed by atoms with van der Waals surface area (Å²) in [5.41, 5.74) is -0.911. The molecule has 186 valence electrons. The van der Waals surface area contributed by atoms with Crippen LogP contribution in [0.3, 0.4) is 0 Å². The molecule has 2 aromatic rings. The average Bonchev–Trinajstić information content (AvgIpc) is 3.07. The summed E-state index contributed by atoms with van der Waals surface area (Å²) in [5.74, 6) is -1.37. The summed E-state index contributed by atoms with van der Waals surface area (Å²) in [6.07, 6.45) is -10.2. The van der Waals surface area contributed by atoms with E-state index in [0.29, 0.717) is 17.8 Å². The van der Waals surface area contributed by atoms with Crippen LogP contribution in [0.15, 0.2) is 28.5 Å². The molecular formula is C20H18F6N2O4S2. The van der Waals surface area contributed by atoms with Gasteiger partial charge in [-0.25, -0.2) is 13.4 Å². The second-order valence-electron chi connectivity index (χ2n) is 8.51. The van der Waals surface area contributed by atoms with Crippen LogP contribution in [-0.4, -0.2) is 55.8 Å². The number of amides is 1. The summed E-state index contributed by atoms with van der Waals surface area (Å²) in [6, 6.07) is 2.99. The number of thiazole rings is 1. The van der Waals surface area contributed by atoms with Crippen molar-refractivity contribution in [3.63, 3.8) is 0 Å². The first-order valence-corrected chi connectivity index (χ1v) is 12.7. The fourth-order valence-corrected chi connectivity index (χ4v) is 5.55. The highest BCUT2D eigenvalue weighted by molar-refractivity contribution is 7.90. The Labute approximate surface area is 194 Å². The lowest BCUT2D eigenvalue weighted by Crippen LogP contribution is -2.35.